The minimum atomic E-state index is -4.74. The van der Waals surface area contributed by atoms with E-state index in [0.29, 0.717) is 5.69 Å². The summed E-state index contributed by atoms with van der Waals surface area (Å²) in [6.07, 6.45) is -7.04. The fourth-order valence-corrected chi connectivity index (χ4v) is 2.95. The third-order valence-electron chi connectivity index (χ3n) is 4.37. The highest BCUT2D eigenvalue weighted by atomic mass is 35.5. The SMILES string of the molecule is Cc1[nH]nc(Cl)c1NC(=O)c1cc(F)c(-c2ccc(Cl)c(N)n2)cc1OC(C)C(F)(F)F. The number of amides is 1. The molecule has 170 valence electrons. The number of carbonyl (C=O) groups is 1. The second-order valence-electron chi connectivity index (χ2n) is 6.66. The van der Waals surface area contributed by atoms with E-state index in [1.54, 1.807) is 6.92 Å². The number of nitrogens with one attached hydrogen (secondary N) is 2. The first-order valence-corrected chi connectivity index (χ1v) is 9.65. The van der Waals surface area contributed by atoms with Crippen LogP contribution in [0, 0.1) is 12.7 Å². The Labute approximate surface area is 188 Å². The van der Waals surface area contributed by atoms with Crippen molar-refractivity contribution in [3.63, 3.8) is 0 Å². The number of aromatic nitrogens is 3. The fraction of sp³-hybridized carbons (Fsp3) is 0.211. The lowest BCUT2D eigenvalue weighted by Crippen LogP contribution is -2.32. The average molecular weight is 492 g/mol. The number of anilines is 2. The molecule has 0 saturated heterocycles. The van der Waals surface area contributed by atoms with Crippen LogP contribution in [0.25, 0.3) is 11.3 Å². The number of rotatable bonds is 5. The van der Waals surface area contributed by atoms with Crippen molar-refractivity contribution in [3.05, 3.63) is 51.5 Å². The molecule has 13 heteroatoms. The summed E-state index contributed by atoms with van der Waals surface area (Å²) in [5.41, 5.74) is 5.34. The molecule has 0 bridgehead atoms. The van der Waals surface area contributed by atoms with Crippen LogP contribution in [0.15, 0.2) is 24.3 Å². The van der Waals surface area contributed by atoms with Crippen LogP contribution in [-0.4, -0.2) is 33.4 Å². The summed E-state index contributed by atoms with van der Waals surface area (Å²) in [6.45, 7) is 2.30. The van der Waals surface area contributed by atoms with E-state index in [9.17, 15) is 22.4 Å². The molecule has 1 atom stereocenters. The maximum absolute atomic E-state index is 14.9. The van der Waals surface area contributed by atoms with Crippen molar-refractivity contribution in [1.82, 2.24) is 15.2 Å². The van der Waals surface area contributed by atoms with Crippen molar-refractivity contribution in [1.29, 1.82) is 0 Å². The molecule has 3 aromatic rings. The van der Waals surface area contributed by atoms with Crippen LogP contribution >= 0.6 is 23.2 Å². The summed E-state index contributed by atoms with van der Waals surface area (Å²) in [6, 6.07) is 4.34. The fourth-order valence-electron chi connectivity index (χ4n) is 2.62. The number of nitrogens with zero attached hydrogens (tertiary/aromatic N) is 2. The molecular formula is C19H15Cl2F4N5O2. The Morgan fingerprint density at radius 2 is 1.97 bits per heavy atom. The number of nitrogen functional groups attached to an aromatic ring is 1. The summed E-state index contributed by atoms with van der Waals surface area (Å²) in [4.78, 5) is 16.7. The highest BCUT2D eigenvalue weighted by Crippen LogP contribution is 2.35. The van der Waals surface area contributed by atoms with Gasteiger partial charge in [-0.1, -0.05) is 23.2 Å². The Morgan fingerprint density at radius 3 is 2.53 bits per heavy atom. The molecule has 4 N–H and O–H groups in total. The molecule has 0 aliphatic rings. The van der Waals surface area contributed by atoms with Crippen LogP contribution in [0.5, 0.6) is 5.75 Å². The highest BCUT2D eigenvalue weighted by Gasteiger charge is 2.39. The van der Waals surface area contributed by atoms with E-state index < -0.39 is 35.3 Å². The predicted molar refractivity (Wildman–Crippen MR) is 111 cm³/mol. The zero-order valence-electron chi connectivity index (χ0n) is 16.4. The van der Waals surface area contributed by atoms with Crippen LogP contribution < -0.4 is 15.8 Å². The molecule has 0 radical (unpaired) electrons. The Kier molecular flexibility index (Phi) is 6.51. The summed E-state index contributed by atoms with van der Waals surface area (Å²) >= 11 is 11.7. The van der Waals surface area contributed by atoms with Crippen LogP contribution in [-0.2, 0) is 0 Å². The molecule has 0 aliphatic carbocycles. The molecule has 3 rings (SSSR count). The molecule has 0 aliphatic heterocycles. The van der Waals surface area contributed by atoms with E-state index in [2.05, 4.69) is 20.5 Å². The normalized spacial score (nSPS) is 12.5. The first-order valence-electron chi connectivity index (χ1n) is 8.89. The molecule has 0 spiro atoms. The second-order valence-corrected chi connectivity index (χ2v) is 7.43. The summed E-state index contributed by atoms with van der Waals surface area (Å²) < 4.78 is 59.2. The Morgan fingerprint density at radius 1 is 1.28 bits per heavy atom. The van der Waals surface area contributed by atoms with Gasteiger partial charge in [-0.3, -0.25) is 9.89 Å². The highest BCUT2D eigenvalue weighted by molar-refractivity contribution is 6.33. The van der Waals surface area contributed by atoms with Gasteiger partial charge in [-0.25, -0.2) is 9.37 Å². The Bertz CT molecular complexity index is 1160. The first kappa shape index (κ1) is 23.6. The molecular weight excluding hydrogens is 477 g/mol. The minimum absolute atomic E-state index is 0.0189. The average Bonchev–Trinajstić information content (AvgIpc) is 3.02. The van der Waals surface area contributed by atoms with Gasteiger partial charge < -0.3 is 15.8 Å². The number of pyridine rings is 1. The molecule has 2 heterocycles. The standard InChI is InChI=1S/C19H15Cl2F4N5O2/c1-7-15(16(21)30-29-7)28-18(31)10-5-12(22)9(13-4-3-11(20)17(26)27-13)6-14(10)32-8(2)19(23,24)25/h3-6,8H,1-2H3,(H2,26,27)(H,28,31)(H,29,30). The second kappa shape index (κ2) is 8.83. The number of carbonyl (C=O) groups excluding carboxylic acids is 1. The van der Waals surface area contributed by atoms with E-state index in [4.69, 9.17) is 33.7 Å². The number of hydrogen-bond acceptors (Lipinski definition) is 5. The molecule has 1 unspecified atom stereocenters. The predicted octanol–water partition coefficient (Wildman–Crippen LogP) is 5.39. The lowest BCUT2D eigenvalue weighted by atomic mass is 10.0. The lowest BCUT2D eigenvalue weighted by molar-refractivity contribution is -0.189. The molecule has 1 aromatic carbocycles. The van der Waals surface area contributed by atoms with E-state index in [-0.39, 0.29) is 32.9 Å². The van der Waals surface area contributed by atoms with Gasteiger partial charge in [0.05, 0.1) is 22.0 Å². The third kappa shape index (κ3) is 4.89. The number of aromatic amines is 1. The Balaban J connectivity index is 2.09. The van der Waals surface area contributed by atoms with E-state index in [1.807, 2.05) is 0 Å². The van der Waals surface area contributed by atoms with Crippen LogP contribution in [0.2, 0.25) is 10.2 Å². The van der Waals surface area contributed by atoms with Gasteiger partial charge in [0, 0.05) is 5.56 Å². The van der Waals surface area contributed by atoms with Gasteiger partial charge in [-0.15, -0.1) is 0 Å². The van der Waals surface area contributed by atoms with Crippen molar-refractivity contribution in [3.8, 4) is 17.0 Å². The van der Waals surface area contributed by atoms with Gasteiger partial charge in [0.25, 0.3) is 5.91 Å². The van der Waals surface area contributed by atoms with E-state index in [1.165, 1.54) is 12.1 Å². The maximum Gasteiger partial charge on any atom is 0.425 e. The number of alkyl halides is 3. The monoisotopic (exact) mass is 491 g/mol. The van der Waals surface area contributed by atoms with Gasteiger partial charge in [-0.2, -0.15) is 18.3 Å². The van der Waals surface area contributed by atoms with Gasteiger partial charge in [0.1, 0.15) is 23.1 Å². The topological polar surface area (TPSA) is 106 Å². The van der Waals surface area contributed by atoms with Crippen LogP contribution in [0.4, 0.5) is 29.1 Å². The van der Waals surface area contributed by atoms with Crippen molar-refractivity contribution in [2.45, 2.75) is 26.1 Å². The molecule has 1 amide bonds. The van der Waals surface area contributed by atoms with Crippen molar-refractivity contribution < 1.29 is 27.1 Å². The number of halogens is 6. The van der Waals surface area contributed by atoms with E-state index in [0.717, 1.165) is 19.1 Å². The number of benzene rings is 1. The van der Waals surface area contributed by atoms with Gasteiger partial charge in [0.2, 0.25) is 0 Å². The number of ether oxygens (including phenoxy) is 1. The van der Waals surface area contributed by atoms with Crippen LogP contribution in [0.3, 0.4) is 0 Å². The number of aryl methyl sites for hydroxylation is 1. The molecule has 0 saturated carbocycles. The summed E-state index contributed by atoms with van der Waals surface area (Å²) in [7, 11) is 0. The number of nitrogens with two attached hydrogens (primary N) is 1. The van der Waals surface area contributed by atoms with Gasteiger partial charge in [0.15, 0.2) is 11.3 Å². The maximum atomic E-state index is 14.9. The Hall–Kier alpha value is -3.05. The van der Waals surface area contributed by atoms with Gasteiger partial charge in [-0.05, 0) is 38.1 Å². The molecule has 2 aromatic heterocycles. The molecule has 7 nitrogen and oxygen atoms in total. The molecule has 32 heavy (non-hydrogen) atoms. The van der Waals surface area contributed by atoms with Crippen LogP contribution in [0.1, 0.15) is 23.0 Å². The number of hydrogen-bond donors (Lipinski definition) is 3. The van der Waals surface area contributed by atoms with Crippen molar-refractivity contribution in [2.75, 3.05) is 11.1 Å². The zero-order chi connectivity index (χ0) is 23.8. The lowest BCUT2D eigenvalue weighted by Gasteiger charge is -2.20. The van der Waals surface area contributed by atoms with Gasteiger partial charge >= 0.3 is 6.18 Å². The first-order chi connectivity index (χ1) is 14.9. The summed E-state index contributed by atoms with van der Waals surface area (Å²) in [5.74, 6) is -2.56. The molecule has 0 fully saturated rings. The van der Waals surface area contributed by atoms with Crippen molar-refractivity contribution >= 4 is 40.6 Å². The van der Waals surface area contributed by atoms with E-state index >= 15 is 0 Å². The smallest absolute Gasteiger partial charge is 0.425 e. The summed E-state index contributed by atoms with van der Waals surface area (Å²) in [5, 5.41) is 8.64. The minimum Gasteiger partial charge on any atom is -0.480 e. The quantitative estimate of drug-likeness (QED) is 0.415. The zero-order valence-corrected chi connectivity index (χ0v) is 18.0. The number of H-pyrrole nitrogens is 1. The largest absolute Gasteiger partial charge is 0.480 e. The van der Waals surface area contributed by atoms with Crippen molar-refractivity contribution in [2.24, 2.45) is 0 Å². The third-order valence-corrected chi connectivity index (χ3v) is 4.96.